The fourth-order valence-electron chi connectivity index (χ4n) is 1.46. The summed E-state index contributed by atoms with van der Waals surface area (Å²) in [5.74, 6) is 0.672. The number of carbonyl (C=O) groups excluding carboxylic acids is 1. The fourth-order valence-corrected chi connectivity index (χ4v) is 1.46. The van der Waals surface area contributed by atoms with Gasteiger partial charge in [-0.1, -0.05) is 0 Å². The minimum Gasteiger partial charge on any atom is -0.507 e. The Balaban J connectivity index is 2.19. The van der Waals surface area contributed by atoms with E-state index in [1.165, 1.54) is 12.1 Å². The first kappa shape index (κ1) is 12.8. The molecule has 19 heavy (non-hydrogen) atoms. The van der Waals surface area contributed by atoms with Gasteiger partial charge in [-0.15, -0.1) is 0 Å². The number of aromatic hydroxyl groups is 1. The van der Waals surface area contributed by atoms with Crippen LogP contribution in [0.3, 0.4) is 0 Å². The highest BCUT2D eigenvalue weighted by Gasteiger charge is 2.00. The first-order valence-electron chi connectivity index (χ1n) is 5.57. The molecule has 0 saturated heterocycles. The van der Waals surface area contributed by atoms with E-state index in [0.717, 1.165) is 5.75 Å². The van der Waals surface area contributed by atoms with E-state index in [0.29, 0.717) is 17.7 Å². The van der Waals surface area contributed by atoms with Gasteiger partial charge in [-0.05, 0) is 42.5 Å². The average molecular weight is 256 g/mol. The maximum absolute atomic E-state index is 10.7. The molecule has 0 aliphatic carbocycles. The van der Waals surface area contributed by atoms with E-state index in [4.69, 9.17) is 4.74 Å². The van der Waals surface area contributed by atoms with Gasteiger partial charge >= 0.3 is 0 Å². The quantitative estimate of drug-likeness (QED) is 0.670. The van der Waals surface area contributed by atoms with Crippen LogP contribution in [-0.2, 0) is 0 Å². The lowest BCUT2D eigenvalue weighted by Gasteiger charge is -1.99. The van der Waals surface area contributed by atoms with Gasteiger partial charge in [0, 0.05) is 0 Å². The predicted molar refractivity (Wildman–Crippen MR) is 70.7 cm³/mol. The Hall–Kier alpha value is -2.69. The molecule has 5 heteroatoms. The Labute approximate surface area is 110 Å². The Morgan fingerprint density at radius 1 is 1.05 bits per heavy atom. The van der Waals surface area contributed by atoms with E-state index in [1.54, 1.807) is 37.4 Å². The molecule has 0 unspecified atom stereocenters. The summed E-state index contributed by atoms with van der Waals surface area (Å²) in [5, 5.41) is 17.4. The maximum Gasteiger partial charge on any atom is 0.153 e. The molecule has 0 aliphatic rings. The van der Waals surface area contributed by atoms with Gasteiger partial charge in [0.25, 0.3) is 0 Å². The molecule has 5 nitrogen and oxygen atoms in total. The number of rotatable bonds is 4. The molecule has 0 aliphatic heterocycles. The molecule has 0 saturated carbocycles. The molecular weight excluding hydrogens is 244 g/mol. The van der Waals surface area contributed by atoms with E-state index in [9.17, 15) is 9.90 Å². The Morgan fingerprint density at radius 3 is 2.32 bits per heavy atom. The molecule has 96 valence electrons. The van der Waals surface area contributed by atoms with Gasteiger partial charge < -0.3 is 9.84 Å². The molecule has 0 atom stereocenters. The first-order valence-corrected chi connectivity index (χ1v) is 5.57. The van der Waals surface area contributed by atoms with Gasteiger partial charge in [-0.2, -0.15) is 10.2 Å². The summed E-state index contributed by atoms with van der Waals surface area (Å²) in [6, 6.07) is 11.5. The number of ether oxygens (including phenoxy) is 1. The second kappa shape index (κ2) is 5.77. The van der Waals surface area contributed by atoms with E-state index in [-0.39, 0.29) is 11.3 Å². The zero-order valence-electron chi connectivity index (χ0n) is 10.3. The second-order valence-electron chi connectivity index (χ2n) is 3.76. The molecular formula is C14H12N2O3. The molecule has 0 amide bonds. The highest BCUT2D eigenvalue weighted by atomic mass is 16.5. The van der Waals surface area contributed by atoms with Crippen LogP contribution in [-0.4, -0.2) is 18.5 Å². The number of methoxy groups -OCH3 is 1. The number of azo groups is 1. The third-order valence-electron chi connectivity index (χ3n) is 2.49. The van der Waals surface area contributed by atoms with Gasteiger partial charge in [-0.25, -0.2) is 0 Å². The summed E-state index contributed by atoms with van der Waals surface area (Å²) in [6.07, 6.45) is 0.571. The van der Waals surface area contributed by atoms with Crippen LogP contribution >= 0.6 is 0 Å². The molecule has 1 N–H and O–H groups in total. The van der Waals surface area contributed by atoms with Crippen molar-refractivity contribution in [2.45, 2.75) is 0 Å². The van der Waals surface area contributed by atoms with Crippen molar-refractivity contribution in [2.75, 3.05) is 7.11 Å². The van der Waals surface area contributed by atoms with Crippen LogP contribution < -0.4 is 4.74 Å². The summed E-state index contributed by atoms with van der Waals surface area (Å²) < 4.78 is 5.04. The summed E-state index contributed by atoms with van der Waals surface area (Å²) in [5.41, 5.74) is 1.35. The number of benzene rings is 2. The number of carbonyl (C=O) groups is 1. The molecule has 2 aromatic carbocycles. The highest BCUT2D eigenvalue weighted by molar-refractivity contribution is 5.80. The lowest BCUT2D eigenvalue weighted by Crippen LogP contribution is -1.80. The van der Waals surface area contributed by atoms with Crippen LogP contribution in [0, 0.1) is 0 Å². The summed E-state index contributed by atoms with van der Waals surface area (Å²) >= 11 is 0. The molecule has 0 bridgehead atoms. The largest absolute Gasteiger partial charge is 0.507 e. The van der Waals surface area contributed by atoms with E-state index in [1.807, 2.05) is 0 Å². The Bertz CT molecular complexity index is 607. The number of phenolic OH excluding ortho intramolecular Hbond substituents is 1. The van der Waals surface area contributed by atoms with E-state index >= 15 is 0 Å². The zero-order chi connectivity index (χ0) is 13.7. The van der Waals surface area contributed by atoms with Gasteiger partial charge in [0.1, 0.15) is 11.5 Å². The first-order chi connectivity index (χ1) is 9.22. The third kappa shape index (κ3) is 3.16. The highest BCUT2D eigenvalue weighted by Crippen LogP contribution is 2.24. The number of aldehydes is 1. The third-order valence-corrected chi connectivity index (χ3v) is 2.49. The van der Waals surface area contributed by atoms with E-state index < -0.39 is 0 Å². The van der Waals surface area contributed by atoms with E-state index in [2.05, 4.69) is 10.2 Å². The maximum atomic E-state index is 10.7. The number of hydrogen-bond acceptors (Lipinski definition) is 5. The molecule has 2 aromatic rings. The number of nitrogens with zero attached hydrogens (tertiary/aromatic N) is 2. The monoisotopic (exact) mass is 256 g/mol. The van der Waals surface area contributed by atoms with Crippen molar-refractivity contribution in [2.24, 2.45) is 10.2 Å². The van der Waals surface area contributed by atoms with Crippen molar-refractivity contribution in [1.82, 2.24) is 0 Å². The lowest BCUT2D eigenvalue weighted by atomic mass is 10.2. The fraction of sp³-hybridized carbons (Fsp3) is 0.0714. The average Bonchev–Trinajstić information content (AvgIpc) is 2.47. The van der Waals surface area contributed by atoms with Crippen molar-refractivity contribution in [3.8, 4) is 11.5 Å². The summed E-state index contributed by atoms with van der Waals surface area (Å²) in [4.78, 5) is 10.7. The van der Waals surface area contributed by atoms with Crippen LogP contribution in [0.4, 0.5) is 11.4 Å². The van der Waals surface area contributed by atoms with Crippen LogP contribution in [0.1, 0.15) is 10.4 Å². The van der Waals surface area contributed by atoms with Crippen molar-refractivity contribution in [1.29, 1.82) is 0 Å². The second-order valence-corrected chi connectivity index (χ2v) is 3.76. The van der Waals surface area contributed by atoms with Crippen LogP contribution in [0.2, 0.25) is 0 Å². The zero-order valence-corrected chi connectivity index (χ0v) is 10.3. The van der Waals surface area contributed by atoms with Crippen molar-refractivity contribution < 1.29 is 14.6 Å². The minimum atomic E-state index is -0.0709. The smallest absolute Gasteiger partial charge is 0.153 e. The predicted octanol–water partition coefficient (Wildman–Crippen LogP) is 3.63. The normalized spacial score (nSPS) is 10.6. The Kier molecular flexibility index (Phi) is 3.87. The van der Waals surface area contributed by atoms with Gasteiger partial charge in [0.15, 0.2) is 6.29 Å². The molecule has 0 aromatic heterocycles. The number of phenols is 1. The standard InChI is InChI=1S/C14H12N2O3/c1-19-13-5-2-11(3-6-13)15-16-12-4-7-14(18)10(8-12)9-17/h2-9,18H,1H3. The van der Waals surface area contributed by atoms with Crippen LogP contribution in [0.15, 0.2) is 52.7 Å². The lowest BCUT2D eigenvalue weighted by molar-refractivity contribution is 0.112. The SMILES string of the molecule is COc1ccc(N=Nc2ccc(O)c(C=O)c2)cc1. The van der Waals surface area contributed by atoms with Crippen molar-refractivity contribution >= 4 is 17.7 Å². The molecule has 0 spiro atoms. The van der Waals surface area contributed by atoms with Crippen LogP contribution in [0.25, 0.3) is 0 Å². The van der Waals surface area contributed by atoms with Gasteiger partial charge in [-0.3, -0.25) is 4.79 Å². The van der Waals surface area contributed by atoms with Crippen LogP contribution in [0.5, 0.6) is 11.5 Å². The van der Waals surface area contributed by atoms with Crippen molar-refractivity contribution in [3.05, 3.63) is 48.0 Å². The molecule has 0 radical (unpaired) electrons. The molecule has 2 rings (SSSR count). The minimum absolute atomic E-state index is 0.0709. The van der Waals surface area contributed by atoms with Crippen molar-refractivity contribution in [3.63, 3.8) is 0 Å². The number of hydrogen-bond donors (Lipinski definition) is 1. The topological polar surface area (TPSA) is 71.2 Å². The molecule has 0 fully saturated rings. The summed E-state index contributed by atoms with van der Waals surface area (Å²) in [6.45, 7) is 0. The Morgan fingerprint density at radius 2 is 1.68 bits per heavy atom. The summed E-state index contributed by atoms with van der Waals surface area (Å²) in [7, 11) is 1.59. The van der Waals surface area contributed by atoms with Gasteiger partial charge in [0.05, 0.1) is 24.0 Å². The molecule has 0 heterocycles. The van der Waals surface area contributed by atoms with Gasteiger partial charge in [0.2, 0.25) is 0 Å².